The summed E-state index contributed by atoms with van der Waals surface area (Å²) in [5.41, 5.74) is 0.530. The summed E-state index contributed by atoms with van der Waals surface area (Å²) in [5, 5.41) is 3.30. The summed E-state index contributed by atoms with van der Waals surface area (Å²) in [6, 6.07) is 8.63. The first-order chi connectivity index (χ1) is 15.8. The molecule has 174 valence electrons. The quantitative estimate of drug-likeness (QED) is 0.550. The zero-order valence-electron chi connectivity index (χ0n) is 17.8. The Kier molecular flexibility index (Phi) is 6.41. The number of nitrogens with one attached hydrogen (secondary N) is 1. The summed E-state index contributed by atoms with van der Waals surface area (Å²) in [4.78, 5) is 19.0. The fraction of sp³-hybridized carbons (Fsp3) is 0.318. The van der Waals surface area contributed by atoms with Crippen molar-refractivity contribution in [3.63, 3.8) is 0 Å². The maximum absolute atomic E-state index is 14.4. The van der Waals surface area contributed by atoms with E-state index in [4.69, 9.17) is 4.74 Å². The second-order valence-corrected chi connectivity index (χ2v) is 8.41. The molecule has 0 bridgehead atoms. The third-order valence-electron chi connectivity index (χ3n) is 5.70. The predicted octanol–water partition coefficient (Wildman–Crippen LogP) is 4.82. The van der Waals surface area contributed by atoms with Gasteiger partial charge in [-0.05, 0) is 54.2 Å². The molecule has 11 heteroatoms. The van der Waals surface area contributed by atoms with Crippen LogP contribution in [0.15, 0.2) is 42.7 Å². The maximum atomic E-state index is 14.4. The Hall–Kier alpha value is -3.34. The number of aryl methyl sites for hydroxylation is 1. The molecular formula is C22H21F3N4O3S. The van der Waals surface area contributed by atoms with Gasteiger partial charge in [0.05, 0.1) is 18.2 Å². The summed E-state index contributed by atoms with van der Waals surface area (Å²) < 4.78 is 53.8. The Morgan fingerprint density at radius 1 is 1.27 bits per heavy atom. The van der Waals surface area contributed by atoms with E-state index in [0.29, 0.717) is 34.8 Å². The van der Waals surface area contributed by atoms with Crippen LogP contribution in [0.25, 0.3) is 0 Å². The predicted molar refractivity (Wildman–Crippen MR) is 117 cm³/mol. The lowest BCUT2D eigenvalue weighted by Gasteiger charge is -2.28. The van der Waals surface area contributed by atoms with Gasteiger partial charge in [0.1, 0.15) is 28.7 Å². The highest BCUT2D eigenvalue weighted by atomic mass is 32.1. The van der Waals surface area contributed by atoms with E-state index >= 15 is 0 Å². The number of alkyl halides is 2. The smallest absolute Gasteiger partial charge is 0.387 e. The van der Waals surface area contributed by atoms with Gasteiger partial charge >= 0.3 is 12.6 Å². The summed E-state index contributed by atoms with van der Waals surface area (Å²) >= 11 is 1.19. The largest absolute Gasteiger partial charge is 0.497 e. The van der Waals surface area contributed by atoms with Crippen molar-refractivity contribution >= 4 is 23.3 Å². The van der Waals surface area contributed by atoms with Gasteiger partial charge in [0, 0.05) is 19.2 Å². The molecule has 0 aliphatic carbocycles. The summed E-state index contributed by atoms with van der Waals surface area (Å²) in [6.45, 7) is -0.818. The van der Waals surface area contributed by atoms with Crippen molar-refractivity contribution in [2.75, 3.05) is 25.5 Å². The number of likely N-dealkylation sites (tertiary alicyclic amines) is 1. The van der Waals surface area contributed by atoms with Crippen molar-refractivity contribution in [1.29, 1.82) is 0 Å². The molecule has 1 aliphatic rings. The molecule has 4 rings (SSSR count). The van der Waals surface area contributed by atoms with E-state index in [0.717, 1.165) is 0 Å². The highest BCUT2D eigenvalue weighted by Gasteiger charge is 2.45. The van der Waals surface area contributed by atoms with E-state index < -0.39 is 18.1 Å². The third-order valence-corrected chi connectivity index (χ3v) is 6.56. The minimum atomic E-state index is -3.05. The standard InChI is InChI=1S/C22H21F3N4O3S/c1-13-3-4-14(9-16(13)23)22(19-26-12-27-33-19)7-8-29(11-22)21(30)28-17-10-15(31-2)5-6-18(17)32-20(24)25/h3-6,9-10,12,20H,7-8,11H2,1-2H3,(H,28,30)/t22-/m1/s1. The minimum Gasteiger partial charge on any atom is -0.497 e. The number of carbonyl (C=O) groups is 1. The third kappa shape index (κ3) is 4.58. The Balaban J connectivity index is 1.61. The SMILES string of the molecule is COc1ccc(OC(F)F)c(NC(=O)N2CC[C@@](c3ccc(C)c(F)c3)(c3ncns3)C2)c1. The molecule has 33 heavy (non-hydrogen) atoms. The van der Waals surface area contributed by atoms with Crippen molar-refractivity contribution in [2.24, 2.45) is 0 Å². The van der Waals surface area contributed by atoms with Crippen molar-refractivity contribution in [3.05, 3.63) is 64.7 Å². The van der Waals surface area contributed by atoms with E-state index in [-0.39, 0.29) is 23.8 Å². The van der Waals surface area contributed by atoms with Crippen LogP contribution in [-0.4, -0.2) is 47.1 Å². The molecule has 0 saturated carbocycles. The fourth-order valence-corrected chi connectivity index (χ4v) is 4.67. The summed E-state index contributed by atoms with van der Waals surface area (Å²) in [5.74, 6) is -0.162. The van der Waals surface area contributed by atoms with Gasteiger partial charge in [-0.25, -0.2) is 14.2 Å². The van der Waals surface area contributed by atoms with Gasteiger partial charge in [-0.3, -0.25) is 0 Å². The number of carbonyl (C=O) groups excluding carboxylic acids is 1. The van der Waals surface area contributed by atoms with Crippen molar-refractivity contribution in [2.45, 2.75) is 25.4 Å². The number of anilines is 1. The van der Waals surface area contributed by atoms with Crippen LogP contribution in [0, 0.1) is 12.7 Å². The lowest BCUT2D eigenvalue weighted by molar-refractivity contribution is -0.0493. The van der Waals surface area contributed by atoms with Crippen molar-refractivity contribution < 1.29 is 27.4 Å². The van der Waals surface area contributed by atoms with E-state index in [2.05, 4.69) is 19.4 Å². The number of hydrogen-bond donors (Lipinski definition) is 1. The monoisotopic (exact) mass is 478 g/mol. The normalized spacial score (nSPS) is 17.9. The molecule has 2 heterocycles. The van der Waals surface area contributed by atoms with Crippen LogP contribution in [0.5, 0.6) is 11.5 Å². The van der Waals surface area contributed by atoms with Crippen molar-refractivity contribution in [1.82, 2.24) is 14.3 Å². The number of nitrogens with zero attached hydrogens (tertiary/aromatic N) is 3. The number of rotatable bonds is 6. The van der Waals surface area contributed by atoms with Crippen LogP contribution >= 0.6 is 11.5 Å². The van der Waals surface area contributed by atoms with Crippen LogP contribution in [-0.2, 0) is 5.41 Å². The average molecular weight is 478 g/mol. The van der Waals surface area contributed by atoms with Gasteiger partial charge in [0.25, 0.3) is 0 Å². The molecule has 1 atom stereocenters. The van der Waals surface area contributed by atoms with E-state index in [1.54, 1.807) is 13.0 Å². The van der Waals surface area contributed by atoms with Crippen LogP contribution < -0.4 is 14.8 Å². The molecule has 3 aromatic rings. The highest BCUT2D eigenvalue weighted by molar-refractivity contribution is 7.05. The molecule has 2 aromatic carbocycles. The second-order valence-electron chi connectivity index (χ2n) is 7.63. The molecule has 7 nitrogen and oxygen atoms in total. The number of aromatic nitrogens is 2. The highest BCUT2D eigenvalue weighted by Crippen LogP contribution is 2.42. The van der Waals surface area contributed by atoms with Gasteiger partial charge in [0.2, 0.25) is 0 Å². The molecular weight excluding hydrogens is 457 g/mol. The number of halogens is 3. The van der Waals surface area contributed by atoms with E-state index in [9.17, 15) is 18.0 Å². The molecule has 1 fully saturated rings. The lowest BCUT2D eigenvalue weighted by atomic mass is 9.80. The molecule has 0 spiro atoms. The second kappa shape index (κ2) is 9.26. The zero-order chi connectivity index (χ0) is 23.6. The molecule has 1 aliphatic heterocycles. The first-order valence-corrected chi connectivity index (χ1v) is 10.8. The average Bonchev–Trinajstić information content (AvgIpc) is 3.47. The molecule has 1 saturated heterocycles. The Bertz CT molecular complexity index is 1150. The number of urea groups is 1. The van der Waals surface area contributed by atoms with Gasteiger partial charge < -0.3 is 19.7 Å². The first-order valence-electron chi connectivity index (χ1n) is 10.0. The van der Waals surface area contributed by atoms with Gasteiger partial charge in [-0.15, -0.1) is 0 Å². The Morgan fingerprint density at radius 2 is 2.09 bits per heavy atom. The summed E-state index contributed by atoms with van der Waals surface area (Å²) in [7, 11) is 1.42. The molecule has 1 aromatic heterocycles. The van der Waals surface area contributed by atoms with Gasteiger partial charge in [-0.1, -0.05) is 12.1 Å². The minimum absolute atomic E-state index is 0.0504. The maximum Gasteiger partial charge on any atom is 0.387 e. The Morgan fingerprint density at radius 3 is 2.76 bits per heavy atom. The van der Waals surface area contributed by atoms with Gasteiger partial charge in [0.15, 0.2) is 0 Å². The van der Waals surface area contributed by atoms with Crippen molar-refractivity contribution in [3.8, 4) is 11.5 Å². The number of amides is 2. The fourth-order valence-electron chi connectivity index (χ4n) is 3.92. The zero-order valence-corrected chi connectivity index (χ0v) is 18.7. The summed E-state index contributed by atoms with van der Waals surface area (Å²) in [6.07, 6.45) is 1.93. The molecule has 1 N–H and O–H groups in total. The van der Waals surface area contributed by atoms with E-state index in [1.165, 1.54) is 54.1 Å². The van der Waals surface area contributed by atoms with Crippen LogP contribution in [0.4, 0.5) is 23.7 Å². The van der Waals surface area contributed by atoms with Crippen LogP contribution in [0.1, 0.15) is 22.6 Å². The number of benzene rings is 2. The van der Waals surface area contributed by atoms with Crippen LogP contribution in [0.3, 0.4) is 0 Å². The first kappa shape index (κ1) is 22.8. The number of ether oxygens (including phenoxy) is 2. The molecule has 0 unspecified atom stereocenters. The topological polar surface area (TPSA) is 76.6 Å². The molecule has 2 amide bonds. The van der Waals surface area contributed by atoms with E-state index in [1.807, 2.05) is 6.07 Å². The lowest BCUT2D eigenvalue weighted by Crippen LogP contribution is -2.37. The van der Waals surface area contributed by atoms with Gasteiger partial charge in [-0.2, -0.15) is 13.2 Å². The number of methoxy groups -OCH3 is 1. The molecule has 0 radical (unpaired) electrons. The van der Waals surface area contributed by atoms with Crippen LogP contribution in [0.2, 0.25) is 0 Å². The Labute approximate surface area is 192 Å². The number of hydrogen-bond acceptors (Lipinski definition) is 6.